The molecule has 2 amide bonds. The molecule has 0 saturated carbocycles. The molecule has 0 bridgehead atoms. The zero-order valence-electron chi connectivity index (χ0n) is 15.3. The van der Waals surface area contributed by atoms with Gasteiger partial charge in [0.1, 0.15) is 6.61 Å². The molecule has 1 heterocycles. The molecule has 11 nitrogen and oxygen atoms in total. The molecule has 3 N–H and O–H groups in total. The molecule has 0 aromatic heterocycles. The lowest BCUT2D eigenvalue weighted by Crippen LogP contribution is -2.62. The van der Waals surface area contributed by atoms with Gasteiger partial charge in [-0.2, -0.15) is 0 Å². The number of aliphatic hydroxyl groups is 1. The van der Waals surface area contributed by atoms with Crippen LogP contribution in [0.5, 0.6) is 0 Å². The molecule has 1 aliphatic heterocycles. The van der Waals surface area contributed by atoms with Gasteiger partial charge in [-0.3, -0.25) is 24.6 Å². The zero-order chi connectivity index (χ0) is 20.8. The lowest BCUT2D eigenvalue weighted by atomic mass is 9.82. The highest BCUT2D eigenvalue weighted by atomic mass is 16.7. The Kier molecular flexibility index (Phi) is 6.83. The van der Waals surface area contributed by atoms with E-state index in [4.69, 9.17) is 15.8 Å². The van der Waals surface area contributed by atoms with Crippen LogP contribution in [0.25, 0.3) is 10.4 Å². The number of aliphatic hydroxyl groups excluding tert-OH is 1. The molecule has 1 aromatic rings. The van der Waals surface area contributed by atoms with Crippen molar-refractivity contribution in [2.45, 2.75) is 32.1 Å². The Bertz CT molecular complexity index is 831. The quantitative estimate of drug-likeness (QED) is 0.109. The van der Waals surface area contributed by atoms with Gasteiger partial charge in [0, 0.05) is 24.1 Å². The van der Waals surface area contributed by atoms with Crippen molar-refractivity contribution in [3.05, 3.63) is 40.3 Å². The smallest absolute Gasteiger partial charge is 0.298 e. The Balaban J connectivity index is 1.86. The normalized spacial score (nSPS) is 18.9. The van der Waals surface area contributed by atoms with Crippen molar-refractivity contribution in [1.29, 1.82) is 5.41 Å². The van der Waals surface area contributed by atoms with Crippen molar-refractivity contribution in [2.75, 3.05) is 7.05 Å². The zero-order valence-corrected chi connectivity index (χ0v) is 15.3. The maximum absolute atomic E-state index is 12.2. The van der Waals surface area contributed by atoms with Crippen molar-refractivity contribution in [1.82, 2.24) is 10.4 Å². The van der Waals surface area contributed by atoms with E-state index >= 15 is 0 Å². The first-order chi connectivity index (χ1) is 13.2. The average Bonchev–Trinajstić information content (AvgIpc) is 2.64. The van der Waals surface area contributed by atoms with Crippen molar-refractivity contribution < 1.29 is 24.3 Å². The van der Waals surface area contributed by atoms with E-state index in [1.807, 2.05) is 0 Å². The largest absolute Gasteiger partial charge is 0.393 e. The Labute approximate surface area is 160 Å². The Morgan fingerprint density at radius 3 is 2.61 bits per heavy atom. The molecule has 2 rings (SSSR count). The van der Waals surface area contributed by atoms with E-state index in [1.165, 1.54) is 14.0 Å². The highest BCUT2D eigenvalue weighted by Gasteiger charge is 2.44. The summed E-state index contributed by atoms with van der Waals surface area (Å²) >= 11 is 0. The summed E-state index contributed by atoms with van der Waals surface area (Å²) in [5.41, 5.74) is 8.71. The summed E-state index contributed by atoms with van der Waals surface area (Å²) in [7, 11) is 1.28. The molecule has 0 spiro atoms. The summed E-state index contributed by atoms with van der Waals surface area (Å²) in [4.78, 5) is 43.6. The van der Waals surface area contributed by atoms with Crippen LogP contribution in [0.15, 0.2) is 29.4 Å². The SMILES string of the molecule is C[C@@H](O)[C@H]1C(=O)N[C@@H]1CC(=O)C(=N)C(=O)N(C)OCc1ccc(N=[N+]=[N-])cc1. The predicted molar refractivity (Wildman–Crippen MR) is 97.3 cm³/mol. The third kappa shape index (κ3) is 4.92. The maximum Gasteiger partial charge on any atom is 0.298 e. The van der Waals surface area contributed by atoms with Gasteiger partial charge in [0.15, 0.2) is 11.5 Å². The minimum absolute atomic E-state index is 0.00302. The second-order valence-corrected chi connectivity index (χ2v) is 6.32. The third-order valence-electron chi connectivity index (χ3n) is 4.29. The molecule has 1 aliphatic rings. The third-order valence-corrected chi connectivity index (χ3v) is 4.29. The highest BCUT2D eigenvalue weighted by Crippen LogP contribution is 2.22. The number of carbonyl (C=O) groups is 3. The number of nitrogens with zero attached hydrogens (tertiary/aromatic N) is 4. The molecule has 0 unspecified atom stereocenters. The number of azide groups is 1. The fourth-order valence-corrected chi connectivity index (χ4v) is 2.71. The molecule has 1 saturated heterocycles. The van der Waals surface area contributed by atoms with E-state index in [1.54, 1.807) is 24.3 Å². The standard InChI is InChI=1S/C17H20N6O5/c1-9(24)14-12(20-16(14)26)7-13(25)15(18)17(27)23(2)28-8-10-3-5-11(6-4-10)21-22-19/h3-6,9,12,14,18,24H,7-8H2,1-2H3,(H,20,26)/t9-,12-,14-/m1/s1. The first-order valence-electron chi connectivity index (χ1n) is 8.39. The van der Waals surface area contributed by atoms with Crippen LogP contribution < -0.4 is 5.32 Å². The lowest BCUT2D eigenvalue weighted by molar-refractivity contribution is -0.175. The number of benzene rings is 1. The van der Waals surface area contributed by atoms with Gasteiger partial charge in [-0.25, -0.2) is 5.06 Å². The number of nitrogens with one attached hydrogen (secondary N) is 2. The highest BCUT2D eigenvalue weighted by molar-refractivity contribution is 6.64. The van der Waals surface area contributed by atoms with Crippen molar-refractivity contribution >= 4 is 29.0 Å². The first-order valence-corrected chi connectivity index (χ1v) is 8.39. The average molecular weight is 388 g/mol. The molecule has 3 atom stereocenters. The molecule has 0 radical (unpaired) electrons. The van der Waals surface area contributed by atoms with E-state index < -0.39 is 35.5 Å². The van der Waals surface area contributed by atoms with Crippen LogP contribution >= 0.6 is 0 Å². The number of rotatable bonds is 9. The van der Waals surface area contributed by atoms with Gasteiger partial charge in [0.05, 0.1) is 18.1 Å². The second kappa shape index (κ2) is 9.09. The van der Waals surface area contributed by atoms with Gasteiger partial charge in [-0.1, -0.05) is 29.4 Å². The number of carbonyl (C=O) groups excluding carboxylic acids is 3. The number of hydroxylamine groups is 2. The number of amides is 2. The van der Waals surface area contributed by atoms with E-state index in [2.05, 4.69) is 15.3 Å². The fraction of sp³-hybridized carbons (Fsp3) is 0.412. The molecular weight excluding hydrogens is 368 g/mol. The van der Waals surface area contributed by atoms with Gasteiger partial charge in [0.25, 0.3) is 5.91 Å². The van der Waals surface area contributed by atoms with Crippen molar-refractivity contribution in [2.24, 2.45) is 11.0 Å². The van der Waals surface area contributed by atoms with E-state index in [9.17, 15) is 19.5 Å². The van der Waals surface area contributed by atoms with Crippen LogP contribution in [0.1, 0.15) is 18.9 Å². The summed E-state index contributed by atoms with van der Waals surface area (Å²) in [5.74, 6) is -2.77. The van der Waals surface area contributed by atoms with Crippen LogP contribution in [0.3, 0.4) is 0 Å². The number of β-lactam (4-membered cyclic amide) rings is 1. The molecule has 0 aliphatic carbocycles. The van der Waals surface area contributed by atoms with Gasteiger partial charge < -0.3 is 10.4 Å². The number of ketones is 1. The summed E-state index contributed by atoms with van der Waals surface area (Å²) in [6, 6.07) is 5.85. The second-order valence-electron chi connectivity index (χ2n) is 6.32. The van der Waals surface area contributed by atoms with Gasteiger partial charge in [0.2, 0.25) is 5.91 Å². The number of hydrogen-bond donors (Lipinski definition) is 3. The predicted octanol–water partition coefficient (Wildman–Crippen LogP) is 0.993. The summed E-state index contributed by atoms with van der Waals surface area (Å²) in [6.45, 7) is 1.45. The molecule has 1 aromatic carbocycles. The van der Waals surface area contributed by atoms with Crippen molar-refractivity contribution in [3.8, 4) is 0 Å². The number of Topliss-reactive ketones (excluding diaryl/α,β-unsaturated/α-hetero) is 1. The van der Waals surface area contributed by atoms with E-state index in [-0.39, 0.29) is 18.9 Å². The monoisotopic (exact) mass is 388 g/mol. The molecule has 11 heteroatoms. The Morgan fingerprint density at radius 1 is 1.43 bits per heavy atom. The lowest BCUT2D eigenvalue weighted by Gasteiger charge is -2.38. The molecule has 148 valence electrons. The Hall–Kier alpha value is -3.27. The summed E-state index contributed by atoms with van der Waals surface area (Å²) < 4.78 is 0. The number of hydrogen-bond acceptors (Lipinski definition) is 7. The first kappa shape index (κ1) is 21.0. The van der Waals surface area contributed by atoms with Crippen LogP contribution in [-0.4, -0.2) is 52.7 Å². The fourth-order valence-electron chi connectivity index (χ4n) is 2.71. The van der Waals surface area contributed by atoms with Crippen molar-refractivity contribution in [3.63, 3.8) is 0 Å². The summed E-state index contributed by atoms with van der Waals surface area (Å²) in [6.07, 6.45) is -1.17. The van der Waals surface area contributed by atoms with Crippen LogP contribution in [-0.2, 0) is 25.8 Å². The maximum atomic E-state index is 12.2. The van der Waals surface area contributed by atoms with Crippen LogP contribution in [0.2, 0.25) is 0 Å². The van der Waals surface area contributed by atoms with Crippen LogP contribution in [0.4, 0.5) is 5.69 Å². The van der Waals surface area contributed by atoms with E-state index in [0.29, 0.717) is 11.3 Å². The summed E-state index contributed by atoms with van der Waals surface area (Å²) in [5, 5.41) is 24.0. The van der Waals surface area contributed by atoms with Gasteiger partial charge in [-0.15, -0.1) is 0 Å². The minimum atomic E-state index is -0.923. The van der Waals surface area contributed by atoms with Gasteiger partial charge >= 0.3 is 0 Å². The minimum Gasteiger partial charge on any atom is -0.393 e. The van der Waals surface area contributed by atoms with Crippen LogP contribution in [0, 0.1) is 11.3 Å². The molecule has 28 heavy (non-hydrogen) atoms. The van der Waals surface area contributed by atoms with Gasteiger partial charge in [-0.05, 0) is 18.0 Å². The van der Waals surface area contributed by atoms with E-state index in [0.717, 1.165) is 5.06 Å². The molecule has 1 fully saturated rings. The topological polar surface area (TPSA) is 169 Å². The molecular formula is C17H20N6O5. The Morgan fingerprint density at radius 2 is 2.07 bits per heavy atom.